The molecule has 1 aromatic heterocycles. The van der Waals surface area contributed by atoms with Gasteiger partial charge in [0, 0.05) is 23.7 Å². The summed E-state index contributed by atoms with van der Waals surface area (Å²) in [7, 11) is 1.35. The lowest BCUT2D eigenvalue weighted by molar-refractivity contribution is -0.0347. The number of morpholine rings is 1. The minimum absolute atomic E-state index is 0.00662. The minimum atomic E-state index is -0.445. The second-order valence-corrected chi connectivity index (χ2v) is 6.30. The van der Waals surface area contributed by atoms with Crippen LogP contribution in [0.4, 0.5) is 0 Å². The molecule has 0 bridgehead atoms. The van der Waals surface area contributed by atoms with E-state index in [0.29, 0.717) is 18.2 Å². The Bertz CT molecular complexity index is 710. The number of ether oxygens (including phenoxy) is 2. The van der Waals surface area contributed by atoms with Crippen LogP contribution in [-0.4, -0.2) is 37.7 Å². The molecule has 6 heteroatoms. The molecule has 2 heterocycles. The molecule has 0 unspecified atom stereocenters. The normalized spacial score (nSPS) is 18.5. The van der Waals surface area contributed by atoms with Gasteiger partial charge in [0.25, 0.3) is 0 Å². The van der Waals surface area contributed by atoms with Crippen molar-refractivity contribution in [3.63, 3.8) is 0 Å². The number of hydrogen-bond donors (Lipinski definition) is 0. The number of esters is 1. The number of carbonyl (C=O) groups excluding carboxylic acids is 1. The molecule has 3 rings (SSSR count). The third kappa shape index (κ3) is 3.80. The molecule has 2 aromatic rings. The molecule has 1 fully saturated rings. The van der Waals surface area contributed by atoms with Crippen molar-refractivity contribution in [3.05, 3.63) is 58.0 Å². The summed E-state index contributed by atoms with van der Waals surface area (Å²) in [5, 5.41) is 0.716. The van der Waals surface area contributed by atoms with Gasteiger partial charge in [-0.1, -0.05) is 23.7 Å². The summed E-state index contributed by atoms with van der Waals surface area (Å²) in [6.45, 7) is 4.70. The van der Waals surface area contributed by atoms with Crippen molar-refractivity contribution in [2.24, 2.45) is 0 Å². The summed E-state index contributed by atoms with van der Waals surface area (Å²) < 4.78 is 16.2. The van der Waals surface area contributed by atoms with E-state index >= 15 is 0 Å². The van der Waals surface area contributed by atoms with Crippen molar-refractivity contribution in [1.29, 1.82) is 0 Å². The molecule has 1 aromatic carbocycles. The van der Waals surface area contributed by atoms with Crippen LogP contribution in [0.15, 0.2) is 34.7 Å². The Morgan fingerprint density at radius 2 is 2.12 bits per heavy atom. The first-order valence-corrected chi connectivity index (χ1v) is 8.21. The largest absolute Gasteiger partial charge is 0.463 e. The summed E-state index contributed by atoms with van der Waals surface area (Å²) >= 11 is 5.94. The average Bonchev–Trinajstić information content (AvgIpc) is 2.95. The number of furan rings is 1. The van der Waals surface area contributed by atoms with Crippen molar-refractivity contribution >= 4 is 17.6 Å². The van der Waals surface area contributed by atoms with Crippen molar-refractivity contribution < 1.29 is 18.7 Å². The quantitative estimate of drug-likeness (QED) is 0.789. The van der Waals surface area contributed by atoms with Crippen LogP contribution in [0.2, 0.25) is 5.02 Å². The molecule has 0 amide bonds. The number of aryl methyl sites for hydroxylation is 1. The van der Waals surface area contributed by atoms with E-state index in [2.05, 4.69) is 4.90 Å². The lowest BCUT2D eigenvalue weighted by Gasteiger charge is -2.32. The van der Waals surface area contributed by atoms with Gasteiger partial charge >= 0.3 is 5.97 Å². The maximum Gasteiger partial charge on any atom is 0.374 e. The van der Waals surface area contributed by atoms with Gasteiger partial charge < -0.3 is 13.9 Å². The molecule has 128 valence electrons. The fourth-order valence-electron chi connectivity index (χ4n) is 2.87. The van der Waals surface area contributed by atoms with E-state index in [-0.39, 0.29) is 11.9 Å². The number of methoxy groups -OCH3 is 1. The molecule has 1 aliphatic heterocycles. The van der Waals surface area contributed by atoms with Crippen LogP contribution in [0.3, 0.4) is 0 Å². The fraction of sp³-hybridized carbons (Fsp3) is 0.389. The monoisotopic (exact) mass is 349 g/mol. The molecule has 0 N–H and O–H groups in total. The molecule has 5 nitrogen and oxygen atoms in total. The molecule has 1 saturated heterocycles. The first-order valence-electron chi connectivity index (χ1n) is 7.84. The second-order valence-electron chi connectivity index (χ2n) is 5.86. The van der Waals surface area contributed by atoms with Crippen LogP contribution in [0.25, 0.3) is 0 Å². The van der Waals surface area contributed by atoms with Crippen molar-refractivity contribution in [1.82, 2.24) is 4.90 Å². The third-order valence-electron chi connectivity index (χ3n) is 4.11. The predicted molar refractivity (Wildman–Crippen MR) is 90.2 cm³/mol. The van der Waals surface area contributed by atoms with Crippen molar-refractivity contribution in [2.45, 2.75) is 19.6 Å². The summed E-state index contributed by atoms with van der Waals surface area (Å²) in [5.41, 5.74) is 1.90. The Balaban J connectivity index is 1.67. The summed E-state index contributed by atoms with van der Waals surface area (Å²) in [6.07, 6.45) is 0.00662. The van der Waals surface area contributed by atoms with E-state index < -0.39 is 5.97 Å². The third-order valence-corrected chi connectivity index (χ3v) is 4.36. The Labute approximate surface area is 146 Å². The van der Waals surface area contributed by atoms with Crippen LogP contribution in [0.1, 0.15) is 33.5 Å². The molecule has 0 radical (unpaired) electrons. The van der Waals surface area contributed by atoms with E-state index in [9.17, 15) is 4.79 Å². The molecule has 0 spiro atoms. The topological polar surface area (TPSA) is 51.9 Å². The first-order chi connectivity index (χ1) is 11.6. The standard InChI is InChI=1S/C18H20ClNO4/c1-12-9-15(24-17(12)18(21)22-2)10-20-7-8-23-16(11-20)13-3-5-14(19)6-4-13/h3-6,9,16H,7-8,10-11H2,1-2H3/t16-/m1/s1. The van der Waals surface area contributed by atoms with Gasteiger partial charge in [-0.05, 0) is 30.7 Å². The number of benzene rings is 1. The number of nitrogens with zero attached hydrogens (tertiary/aromatic N) is 1. The molecular formula is C18H20ClNO4. The van der Waals surface area contributed by atoms with Crippen molar-refractivity contribution in [3.8, 4) is 0 Å². The van der Waals surface area contributed by atoms with Gasteiger partial charge in [-0.3, -0.25) is 4.90 Å². The van der Waals surface area contributed by atoms with Crippen LogP contribution in [0.5, 0.6) is 0 Å². The lowest BCUT2D eigenvalue weighted by atomic mass is 10.1. The summed E-state index contributed by atoms with van der Waals surface area (Å²) in [4.78, 5) is 13.9. The molecule has 0 saturated carbocycles. The van der Waals surface area contributed by atoms with Gasteiger partial charge in [0.2, 0.25) is 5.76 Å². The lowest BCUT2D eigenvalue weighted by Crippen LogP contribution is -2.37. The van der Waals surface area contributed by atoms with E-state index in [1.165, 1.54) is 7.11 Å². The van der Waals surface area contributed by atoms with Crippen LogP contribution >= 0.6 is 11.6 Å². The fourth-order valence-corrected chi connectivity index (χ4v) is 2.99. The molecular weight excluding hydrogens is 330 g/mol. The zero-order chi connectivity index (χ0) is 17.1. The average molecular weight is 350 g/mol. The van der Waals surface area contributed by atoms with Crippen molar-refractivity contribution in [2.75, 3.05) is 26.8 Å². The molecule has 24 heavy (non-hydrogen) atoms. The van der Waals surface area contributed by atoms with Gasteiger partial charge in [-0.15, -0.1) is 0 Å². The van der Waals surface area contributed by atoms with E-state index in [4.69, 9.17) is 25.5 Å². The molecule has 1 atom stereocenters. The van der Waals surface area contributed by atoms with Crippen LogP contribution in [-0.2, 0) is 16.0 Å². The zero-order valence-corrected chi connectivity index (χ0v) is 14.5. The van der Waals surface area contributed by atoms with Gasteiger partial charge in [0.05, 0.1) is 26.4 Å². The predicted octanol–water partition coefficient (Wildman–Crippen LogP) is 3.60. The Kier molecular flexibility index (Phi) is 5.23. The molecule has 1 aliphatic rings. The Morgan fingerprint density at radius 1 is 1.38 bits per heavy atom. The Hall–Kier alpha value is -1.82. The zero-order valence-electron chi connectivity index (χ0n) is 13.8. The number of hydrogen-bond acceptors (Lipinski definition) is 5. The Morgan fingerprint density at radius 3 is 2.83 bits per heavy atom. The van der Waals surface area contributed by atoms with Crippen LogP contribution < -0.4 is 0 Å². The minimum Gasteiger partial charge on any atom is -0.463 e. The first kappa shape index (κ1) is 17.0. The molecule has 0 aliphatic carbocycles. The summed E-state index contributed by atoms with van der Waals surface area (Å²) in [6, 6.07) is 9.61. The highest BCUT2D eigenvalue weighted by atomic mass is 35.5. The number of halogens is 1. The van der Waals surface area contributed by atoms with Gasteiger partial charge in [-0.25, -0.2) is 4.79 Å². The summed E-state index contributed by atoms with van der Waals surface area (Å²) in [5.74, 6) is 0.583. The van der Waals surface area contributed by atoms with Crippen LogP contribution in [0, 0.1) is 6.92 Å². The SMILES string of the molecule is COC(=O)c1oc(CN2CCO[C@@H](c3ccc(Cl)cc3)C2)cc1C. The van der Waals surface area contributed by atoms with Gasteiger partial charge in [-0.2, -0.15) is 0 Å². The highest BCUT2D eigenvalue weighted by molar-refractivity contribution is 6.30. The highest BCUT2D eigenvalue weighted by Crippen LogP contribution is 2.25. The van der Waals surface area contributed by atoms with E-state index in [0.717, 1.165) is 30.0 Å². The van der Waals surface area contributed by atoms with E-state index in [1.54, 1.807) is 0 Å². The smallest absolute Gasteiger partial charge is 0.374 e. The number of carbonyl (C=O) groups is 1. The van der Waals surface area contributed by atoms with Gasteiger partial charge in [0.1, 0.15) is 5.76 Å². The second kappa shape index (κ2) is 7.38. The maximum atomic E-state index is 11.6. The number of rotatable bonds is 4. The highest BCUT2D eigenvalue weighted by Gasteiger charge is 2.24. The van der Waals surface area contributed by atoms with Gasteiger partial charge in [0.15, 0.2) is 0 Å². The maximum absolute atomic E-state index is 11.6. The van der Waals surface area contributed by atoms with E-state index in [1.807, 2.05) is 37.3 Å².